The molecule has 4 rings (SSSR count). The molecule has 2 aliphatic rings. The molecular formula is C20H22FN3O2. The highest BCUT2D eigenvalue weighted by molar-refractivity contribution is 5.94. The SMILES string of the molecule is O=C(c1cccc(F)c1)N1CCC(COc2cc3c(nn2)CCC3)CC1. The highest BCUT2D eigenvalue weighted by Crippen LogP contribution is 2.24. The maximum Gasteiger partial charge on any atom is 0.253 e. The third kappa shape index (κ3) is 3.69. The Hall–Kier alpha value is -2.50. The van der Waals surface area contributed by atoms with E-state index in [1.54, 1.807) is 17.0 Å². The molecule has 0 spiro atoms. The van der Waals surface area contributed by atoms with Gasteiger partial charge in [-0.1, -0.05) is 6.07 Å². The van der Waals surface area contributed by atoms with Crippen LogP contribution in [0.3, 0.4) is 0 Å². The van der Waals surface area contributed by atoms with E-state index in [1.165, 1.54) is 17.7 Å². The lowest BCUT2D eigenvalue weighted by atomic mass is 9.97. The van der Waals surface area contributed by atoms with Crippen molar-refractivity contribution in [2.45, 2.75) is 32.1 Å². The number of piperidine rings is 1. The maximum absolute atomic E-state index is 13.3. The minimum Gasteiger partial charge on any atom is -0.476 e. The molecule has 0 unspecified atom stereocenters. The molecule has 0 bridgehead atoms. The van der Waals surface area contributed by atoms with Gasteiger partial charge in [0.25, 0.3) is 5.91 Å². The van der Waals surface area contributed by atoms with Crippen LogP contribution in [0, 0.1) is 11.7 Å². The van der Waals surface area contributed by atoms with Crippen LogP contribution in [0.4, 0.5) is 4.39 Å². The molecule has 1 aliphatic heterocycles. The van der Waals surface area contributed by atoms with Gasteiger partial charge in [0.1, 0.15) is 5.82 Å². The second-order valence-electron chi connectivity index (χ2n) is 7.06. The molecule has 6 heteroatoms. The Kier molecular flexibility index (Phi) is 4.82. The Morgan fingerprint density at radius 3 is 2.85 bits per heavy atom. The van der Waals surface area contributed by atoms with E-state index in [0.29, 0.717) is 37.1 Å². The van der Waals surface area contributed by atoms with Gasteiger partial charge < -0.3 is 9.64 Å². The number of likely N-dealkylation sites (tertiary alicyclic amines) is 1. The van der Waals surface area contributed by atoms with Crippen LogP contribution in [0.1, 0.15) is 40.9 Å². The summed E-state index contributed by atoms with van der Waals surface area (Å²) in [5, 5.41) is 8.39. The summed E-state index contributed by atoms with van der Waals surface area (Å²) in [6.45, 7) is 1.92. The van der Waals surface area contributed by atoms with Crippen LogP contribution in [0.25, 0.3) is 0 Å². The third-order valence-electron chi connectivity index (χ3n) is 5.24. The van der Waals surface area contributed by atoms with Gasteiger partial charge >= 0.3 is 0 Å². The fourth-order valence-electron chi connectivity index (χ4n) is 3.69. The Morgan fingerprint density at radius 1 is 1.19 bits per heavy atom. The van der Waals surface area contributed by atoms with Gasteiger partial charge in [0.2, 0.25) is 5.88 Å². The van der Waals surface area contributed by atoms with Gasteiger partial charge in [0.15, 0.2) is 0 Å². The van der Waals surface area contributed by atoms with Crippen LogP contribution in [-0.2, 0) is 12.8 Å². The van der Waals surface area contributed by atoms with E-state index in [9.17, 15) is 9.18 Å². The number of hydrogen-bond donors (Lipinski definition) is 0. The second kappa shape index (κ2) is 7.40. The quantitative estimate of drug-likeness (QED) is 0.846. The summed E-state index contributed by atoms with van der Waals surface area (Å²) in [4.78, 5) is 14.2. The monoisotopic (exact) mass is 355 g/mol. The Balaban J connectivity index is 1.28. The molecule has 136 valence electrons. The fourth-order valence-corrected chi connectivity index (χ4v) is 3.69. The number of hydrogen-bond acceptors (Lipinski definition) is 4. The molecule has 5 nitrogen and oxygen atoms in total. The van der Waals surface area contributed by atoms with Gasteiger partial charge in [0, 0.05) is 24.7 Å². The van der Waals surface area contributed by atoms with Crippen molar-refractivity contribution in [3.63, 3.8) is 0 Å². The number of ether oxygens (including phenoxy) is 1. The standard InChI is InChI=1S/C20H22FN3O2/c21-17-5-1-4-16(11-17)20(25)24-9-7-14(8-10-24)13-26-19-12-15-3-2-6-18(15)22-23-19/h1,4-5,11-12,14H,2-3,6-10,13H2. The zero-order valence-corrected chi connectivity index (χ0v) is 14.7. The fraction of sp³-hybridized carbons (Fsp3) is 0.450. The van der Waals surface area contributed by atoms with Gasteiger partial charge in [0.05, 0.1) is 12.3 Å². The first kappa shape index (κ1) is 16.9. The summed E-state index contributed by atoms with van der Waals surface area (Å²) in [6.07, 6.45) is 4.96. The number of aryl methyl sites for hydroxylation is 2. The smallest absolute Gasteiger partial charge is 0.253 e. The number of benzene rings is 1. The topological polar surface area (TPSA) is 55.3 Å². The highest BCUT2D eigenvalue weighted by atomic mass is 19.1. The first-order chi connectivity index (χ1) is 12.7. The second-order valence-corrected chi connectivity index (χ2v) is 7.06. The van der Waals surface area contributed by atoms with Gasteiger partial charge in [-0.3, -0.25) is 4.79 Å². The van der Waals surface area contributed by atoms with Gasteiger partial charge in [-0.2, -0.15) is 5.10 Å². The average Bonchev–Trinajstić information content (AvgIpc) is 3.14. The molecule has 0 saturated carbocycles. The molecule has 0 N–H and O–H groups in total. The molecule has 0 radical (unpaired) electrons. The van der Waals surface area contributed by atoms with Crippen molar-refractivity contribution in [1.29, 1.82) is 0 Å². The molecule has 2 aromatic rings. The summed E-state index contributed by atoms with van der Waals surface area (Å²) in [6, 6.07) is 7.89. The zero-order chi connectivity index (χ0) is 17.9. The predicted molar refractivity (Wildman–Crippen MR) is 94.6 cm³/mol. The first-order valence-corrected chi connectivity index (χ1v) is 9.22. The number of carbonyl (C=O) groups is 1. The predicted octanol–water partition coefficient (Wildman–Crippen LogP) is 3.04. The summed E-state index contributed by atoms with van der Waals surface area (Å²) in [5.74, 6) is 0.508. The van der Waals surface area contributed by atoms with Crippen LogP contribution in [0.5, 0.6) is 5.88 Å². The van der Waals surface area contributed by atoms with Crippen LogP contribution in [0.15, 0.2) is 30.3 Å². The largest absolute Gasteiger partial charge is 0.476 e. The molecule has 1 saturated heterocycles. The van der Waals surface area contributed by atoms with E-state index >= 15 is 0 Å². The number of rotatable bonds is 4. The van der Waals surface area contributed by atoms with Crippen LogP contribution in [0.2, 0.25) is 0 Å². The van der Waals surface area contributed by atoms with Gasteiger partial charge in [-0.15, -0.1) is 5.10 Å². The minimum atomic E-state index is -0.380. The van der Waals surface area contributed by atoms with Crippen molar-refractivity contribution < 1.29 is 13.9 Å². The maximum atomic E-state index is 13.3. The summed E-state index contributed by atoms with van der Waals surface area (Å²) in [7, 11) is 0. The summed E-state index contributed by atoms with van der Waals surface area (Å²) < 4.78 is 19.1. The van der Waals surface area contributed by atoms with Crippen LogP contribution >= 0.6 is 0 Å². The summed E-state index contributed by atoms with van der Waals surface area (Å²) in [5.41, 5.74) is 2.76. The molecule has 2 heterocycles. The number of fused-ring (bicyclic) bond motifs is 1. The highest BCUT2D eigenvalue weighted by Gasteiger charge is 2.24. The average molecular weight is 355 g/mol. The number of amides is 1. The number of aromatic nitrogens is 2. The third-order valence-corrected chi connectivity index (χ3v) is 5.24. The van der Waals surface area contributed by atoms with Gasteiger partial charge in [-0.05, 0) is 61.8 Å². The molecule has 0 atom stereocenters. The number of halogens is 1. The lowest BCUT2D eigenvalue weighted by molar-refractivity contribution is 0.0658. The Labute approximate surface area is 152 Å². The lowest BCUT2D eigenvalue weighted by Crippen LogP contribution is -2.39. The van der Waals surface area contributed by atoms with Gasteiger partial charge in [-0.25, -0.2) is 4.39 Å². The first-order valence-electron chi connectivity index (χ1n) is 9.22. The molecule has 1 amide bonds. The van der Waals surface area contributed by atoms with E-state index in [2.05, 4.69) is 10.2 Å². The van der Waals surface area contributed by atoms with Crippen molar-refractivity contribution in [2.24, 2.45) is 5.92 Å². The van der Waals surface area contributed by atoms with Crippen molar-refractivity contribution in [3.05, 3.63) is 53.0 Å². The van der Waals surface area contributed by atoms with E-state index < -0.39 is 0 Å². The van der Waals surface area contributed by atoms with Crippen molar-refractivity contribution in [3.8, 4) is 5.88 Å². The molecule has 1 aliphatic carbocycles. The Bertz CT molecular complexity index is 803. The molecule has 1 aromatic heterocycles. The zero-order valence-electron chi connectivity index (χ0n) is 14.7. The van der Waals surface area contributed by atoms with E-state index in [4.69, 9.17) is 4.74 Å². The lowest BCUT2D eigenvalue weighted by Gasteiger charge is -2.31. The minimum absolute atomic E-state index is 0.103. The molecule has 26 heavy (non-hydrogen) atoms. The summed E-state index contributed by atoms with van der Waals surface area (Å²) >= 11 is 0. The molecule has 1 fully saturated rings. The van der Waals surface area contributed by atoms with E-state index in [0.717, 1.165) is 37.8 Å². The van der Waals surface area contributed by atoms with Crippen LogP contribution in [-0.4, -0.2) is 40.7 Å². The molecular weight excluding hydrogens is 333 g/mol. The normalized spacial score (nSPS) is 17.2. The van der Waals surface area contributed by atoms with Crippen molar-refractivity contribution in [2.75, 3.05) is 19.7 Å². The van der Waals surface area contributed by atoms with Crippen molar-refractivity contribution >= 4 is 5.91 Å². The number of carbonyl (C=O) groups excluding carboxylic acids is 1. The number of nitrogens with zero attached hydrogens (tertiary/aromatic N) is 3. The molecule has 1 aromatic carbocycles. The Morgan fingerprint density at radius 2 is 2.04 bits per heavy atom. The van der Waals surface area contributed by atoms with Crippen molar-refractivity contribution in [1.82, 2.24) is 15.1 Å². The van der Waals surface area contributed by atoms with Crippen LogP contribution < -0.4 is 4.74 Å². The van der Waals surface area contributed by atoms with E-state index in [1.807, 2.05) is 6.07 Å². The van der Waals surface area contributed by atoms with E-state index in [-0.39, 0.29) is 11.7 Å².